The van der Waals surface area contributed by atoms with Crippen LogP contribution >= 0.6 is 15.9 Å². The van der Waals surface area contributed by atoms with Crippen molar-refractivity contribution in [2.24, 2.45) is 11.8 Å². The number of ether oxygens (including phenoxy) is 2. The van der Waals surface area contributed by atoms with E-state index in [9.17, 15) is 24.3 Å². The van der Waals surface area contributed by atoms with E-state index in [4.69, 9.17) is 9.47 Å². The number of hydrogen-bond donors (Lipinski definition) is 2. The number of halogens is 1. The number of benzene rings is 1. The van der Waals surface area contributed by atoms with Gasteiger partial charge in [-0.1, -0.05) is 84.6 Å². The van der Waals surface area contributed by atoms with Crippen molar-refractivity contribution < 1.29 is 33.8 Å². The highest BCUT2D eigenvalue weighted by molar-refractivity contribution is 9.09. The Kier molecular flexibility index (Phi) is 11.6. The zero-order chi connectivity index (χ0) is 33.7. The maximum Gasteiger partial charge on any atom is 0.306 e. The SMILES string of the molecule is C=CCCC(=O)OC[C@H](NC(=O)[C@H]1[C@@H]2O[C@@]3(CC2Br)[C@@H]1C(=O)N([C@@H](CC)CO)[C@@H]3C(=O)N(CC=C)C1CCCCC1)c1ccccc1. The lowest BCUT2D eigenvalue weighted by Gasteiger charge is -2.42. The predicted molar refractivity (Wildman–Crippen MR) is 180 cm³/mol. The van der Waals surface area contributed by atoms with Crippen molar-refractivity contribution in [3.05, 3.63) is 61.2 Å². The number of aliphatic hydroxyl groups is 1. The van der Waals surface area contributed by atoms with Gasteiger partial charge in [-0.3, -0.25) is 19.2 Å². The Labute approximate surface area is 286 Å². The number of aliphatic hydroxyl groups excluding tert-OH is 1. The summed E-state index contributed by atoms with van der Waals surface area (Å²) in [5.74, 6) is -3.19. The minimum absolute atomic E-state index is 0.0224. The average Bonchev–Trinajstić information content (AvgIpc) is 3.69. The number of carbonyl (C=O) groups excluding carboxylic acids is 4. The van der Waals surface area contributed by atoms with Gasteiger partial charge in [-0.25, -0.2) is 0 Å². The molecule has 11 heteroatoms. The Hall–Kier alpha value is -3.02. The third-order valence-electron chi connectivity index (χ3n) is 10.4. The second kappa shape index (κ2) is 15.5. The van der Waals surface area contributed by atoms with Crippen LogP contribution in [0.25, 0.3) is 0 Å². The average molecular weight is 715 g/mol. The maximum atomic E-state index is 14.8. The monoisotopic (exact) mass is 713 g/mol. The molecular weight excluding hydrogens is 666 g/mol. The lowest BCUT2D eigenvalue weighted by molar-refractivity contribution is -0.153. The molecule has 1 aromatic carbocycles. The molecule has 256 valence electrons. The van der Waals surface area contributed by atoms with Gasteiger partial charge in [0.2, 0.25) is 17.7 Å². The highest BCUT2D eigenvalue weighted by atomic mass is 79.9. The highest BCUT2D eigenvalue weighted by Crippen LogP contribution is 2.60. The molecule has 1 spiro atoms. The summed E-state index contributed by atoms with van der Waals surface area (Å²) in [7, 11) is 0. The smallest absolute Gasteiger partial charge is 0.306 e. The van der Waals surface area contributed by atoms with Gasteiger partial charge >= 0.3 is 5.97 Å². The molecule has 3 amide bonds. The van der Waals surface area contributed by atoms with Crippen molar-refractivity contribution in [1.82, 2.24) is 15.1 Å². The van der Waals surface area contributed by atoms with Gasteiger partial charge in [0, 0.05) is 23.8 Å². The van der Waals surface area contributed by atoms with E-state index in [-0.39, 0.29) is 42.3 Å². The normalized spacial score (nSPS) is 29.6. The molecule has 3 heterocycles. The summed E-state index contributed by atoms with van der Waals surface area (Å²) < 4.78 is 12.3. The summed E-state index contributed by atoms with van der Waals surface area (Å²) >= 11 is 3.75. The second-order valence-electron chi connectivity index (χ2n) is 13.2. The van der Waals surface area contributed by atoms with Gasteiger partial charge in [-0.05, 0) is 37.7 Å². The van der Waals surface area contributed by atoms with Gasteiger partial charge in [-0.15, -0.1) is 13.2 Å². The van der Waals surface area contributed by atoms with Crippen LogP contribution in [0, 0.1) is 11.8 Å². The van der Waals surface area contributed by atoms with E-state index in [1.165, 1.54) is 4.90 Å². The van der Waals surface area contributed by atoms with Crippen LogP contribution in [0.15, 0.2) is 55.6 Å². The van der Waals surface area contributed by atoms with Crippen molar-refractivity contribution in [3.8, 4) is 0 Å². The van der Waals surface area contributed by atoms with Crippen LogP contribution in [0.1, 0.15) is 76.3 Å². The number of fused-ring (bicyclic) bond motifs is 1. The summed E-state index contributed by atoms with van der Waals surface area (Å²) in [6.07, 6.45) is 9.12. The molecule has 2 N–H and O–H groups in total. The summed E-state index contributed by atoms with van der Waals surface area (Å²) in [4.78, 5) is 59.2. The van der Waals surface area contributed by atoms with E-state index in [2.05, 4.69) is 34.4 Å². The molecule has 0 radical (unpaired) electrons. The first-order valence-electron chi connectivity index (χ1n) is 17.0. The fourth-order valence-electron chi connectivity index (χ4n) is 8.20. The van der Waals surface area contributed by atoms with Gasteiger partial charge < -0.3 is 29.7 Å². The zero-order valence-corrected chi connectivity index (χ0v) is 28.8. The predicted octanol–water partition coefficient (Wildman–Crippen LogP) is 4.22. The first kappa shape index (κ1) is 35.3. The fourth-order valence-corrected chi connectivity index (χ4v) is 9.15. The summed E-state index contributed by atoms with van der Waals surface area (Å²) in [6, 6.07) is 6.99. The number of nitrogens with one attached hydrogen (secondary N) is 1. The molecule has 10 nitrogen and oxygen atoms in total. The molecule has 3 saturated heterocycles. The van der Waals surface area contributed by atoms with Crippen molar-refractivity contribution in [2.45, 2.75) is 105 Å². The number of nitrogens with zero attached hydrogens (tertiary/aromatic N) is 2. The molecule has 0 aromatic heterocycles. The molecule has 4 aliphatic rings. The molecule has 1 saturated carbocycles. The van der Waals surface area contributed by atoms with Gasteiger partial charge in [0.05, 0.1) is 36.6 Å². The number of rotatable bonds is 15. The largest absolute Gasteiger partial charge is 0.463 e. The minimum atomic E-state index is -1.24. The Morgan fingerprint density at radius 1 is 1.19 bits per heavy atom. The Morgan fingerprint density at radius 3 is 2.55 bits per heavy atom. The van der Waals surface area contributed by atoms with E-state index in [1.54, 1.807) is 12.2 Å². The topological polar surface area (TPSA) is 125 Å². The number of esters is 1. The fraction of sp³-hybridized carbons (Fsp3) is 0.611. The van der Waals surface area contributed by atoms with Gasteiger partial charge in [0.15, 0.2) is 0 Å². The summed E-state index contributed by atoms with van der Waals surface area (Å²) in [5.41, 5.74) is -0.497. The quantitative estimate of drug-likeness (QED) is 0.158. The van der Waals surface area contributed by atoms with Crippen molar-refractivity contribution in [1.29, 1.82) is 0 Å². The number of alkyl halides is 1. The highest BCUT2D eigenvalue weighted by Gasteiger charge is 2.77. The number of hydrogen-bond acceptors (Lipinski definition) is 7. The van der Waals surface area contributed by atoms with Gasteiger partial charge in [0.25, 0.3) is 0 Å². The molecular formula is C36H48BrN3O7. The van der Waals surface area contributed by atoms with Gasteiger partial charge in [0.1, 0.15) is 18.2 Å². The van der Waals surface area contributed by atoms with Crippen LogP contribution in [-0.2, 0) is 28.7 Å². The van der Waals surface area contributed by atoms with Gasteiger partial charge in [-0.2, -0.15) is 0 Å². The van der Waals surface area contributed by atoms with Crippen LogP contribution in [0.5, 0.6) is 0 Å². The third-order valence-corrected chi connectivity index (χ3v) is 11.3. The number of carbonyl (C=O) groups is 4. The second-order valence-corrected chi connectivity index (χ2v) is 14.4. The number of amides is 3. The van der Waals surface area contributed by atoms with Crippen molar-refractivity contribution >= 4 is 39.6 Å². The first-order chi connectivity index (χ1) is 22.7. The van der Waals surface area contributed by atoms with E-state index in [0.29, 0.717) is 25.8 Å². The lowest BCUT2D eigenvalue weighted by atomic mass is 9.70. The molecule has 1 unspecified atom stereocenters. The summed E-state index contributed by atoms with van der Waals surface area (Å²) in [6.45, 7) is 9.38. The summed E-state index contributed by atoms with van der Waals surface area (Å²) in [5, 5.41) is 13.5. The minimum Gasteiger partial charge on any atom is -0.463 e. The molecule has 4 fully saturated rings. The Morgan fingerprint density at radius 2 is 1.91 bits per heavy atom. The Balaban J connectivity index is 1.48. The molecule has 1 aliphatic carbocycles. The molecule has 2 bridgehead atoms. The van der Waals surface area contributed by atoms with E-state index in [1.807, 2.05) is 42.2 Å². The molecule has 3 aliphatic heterocycles. The van der Waals surface area contributed by atoms with Crippen LogP contribution < -0.4 is 5.32 Å². The third kappa shape index (κ3) is 6.81. The van der Waals surface area contributed by atoms with Crippen LogP contribution in [0.2, 0.25) is 0 Å². The number of likely N-dealkylation sites (tertiary alicyclic amines) is 1. The van der Waals surface area contributed by atoms with E-state index < -0.39 is 53.5 Å². The van der Waals surface area contributed by atoms with Crippen LogP contribution in [0.4, 0.5) is 0 Å². The first-order valence-corrected chi connectivity index (χ1v) is 17.9. The van der Waals surface area contributed by atoms with Crippen molar-refractivity contribution in [3.63, 3.8) is 0 Å². The Bertz CT molecular complexity index is 1320. The van der Waals surface area contributed by atoms with Crippen LogP contribution in [-0.4, -0.2) is 93.0 Å². The van der Waals surface area contributed by atoms with E-state index >= 15 is 0 Å². The van der Waals surface area contributed by atoms with E-state index in [0.717, 1.165) is 37.7 Å². The lowest BCUT2D eigenvalue weighted by Crippen LogP contribution is -2.60. The number of allylic oxidation sites excluding steroid dienone is 1. The molecule has 8 atom stereocenters. The van der Waals surface area contributed by atoms with Crippen molar-refractivity contribution in [2.75, 3.05) is 19.8 Å². The molecule has 47 heavy (non-hydrogen) atoms. The maximum absolute atomic E-state index is 14.8. The zero-order valence-electron chi connectivity index (χ0n) is 27.2. The standard InChI is InChI=1S/C36H48BrN3O7/c1-4-7-18-28(42)46-22-27(23-14-10-8-11-15-23)38-33(43)29-30-34(44)40(24(6-3)21-41)32(36(30)20-26(37)31(29)47-36)35(45)39(19-5-2)25-16-12-9-13-17-25/h4-5,8,10-11,14-15,24-27,29-32,41H,1-2,6-7,9,12-13,16-22H2,3H3,(H,38,43)/t24-,26?,27-,29+,30-,31+,32+,36-/m0/s1. The molecule has 5 rings (SSSR count). The molecule has 1 aromatic rings. The van der Waals surface area contributed by atoms with Crippen LogP contribution in [0.3, 0.4) is 0 Å².